The Morgan fingerprint density at radius 2 is 1.86 bits per heavy atom. The number of unbranched alkanes of at least 4 members (excludes halogenated alkanes) is 1. The molecule has 0 bridgehead atoms. The van der Waals surface area contributed by atoms with Gasteiger partial charge in [-0.3, -0.25) is 9.59 Å². The maximum absolute atomic E-state index is 12.1. The maximum Gasteiger partial charge on any atom is 0.303 e. The number of carbonyl (C=O) groups excluding carboxylic acids is 1. The summed E-state index contributed by atoms with van der Waals surface area (Å²) in [6.07, 6.45) is 0.202. The minimum Gasteiger partial charge on any atom is -0.482 e. The minimum atomic E-state index is -0.824. The second kappa shape index (κ2) is 6.97. The van der Waals surface area contributed by atoms with E-state index in [-0.39, 0.29) is 18.4 Å². The molecule has 0 aliphatic carbocycles. The highest BCUT2D eigenvalue weighted by Crippen LogP contribution is 2.33. The molecule has 0 radical (unpaired) electrons. The van der Waals surface area contributed by atoms with Gasteiger partial charge in [-0.25, -0.2) is 0 Å². The number of hydrogen-bond donors (Lipinski definition) is 2. The van der Waals surface area contributed by atoms with E-state index >= 15 is 0 Å². The second-order valence-electron chi connectivity index (χ2n) is 4.95. The number of amides is 1. The largest absolute Gasteiger partial charge is 0.482 e. The molecule has 6 nitrogen and oxygen atoms in total. The number of para-hydroxylation sites is 2. The zero-order valence-corrected chi connectivity index (χ0v) is 11.9. The summed E-state index contributed by atoms with van der Waals surface area (Å²) in [5.74, 6) is 0.125. The van der Waals surface area contributed by atoms with Gasteiger partial charge in [0, 0.05) is 13.0 Å². The molecule has 2 rings (SSSR count). The Labute approximate surface area is 123 Å². The number of hydrogen-bond acceptors (Lipinski definition) is 4. The minimum absolute atomic E-state index is 0.114. The van der Waals surface area contributed by atoms with Crippen LogP contribution in [0.5, 0.6) is 11.5 Å². The van der Waals surface area contributed by atoms with Gasteiger partial charge in [0.1, 0.15) is 6.10 Å². The van der Waals surface area contributed by atoms with Crippen molar-refractivity contribution < 1.29 is 24.2 Å². The molecule has 1 aromatic rings. The van der Waals surface area contributed by atoms with Crippen molar-refractivity contribution in [2.45, 2.75) is 38.4 Å². The highest BCUT2D eigenvalue weighted by atomic mass is 16.6. The summed E-state index contributed by atoms with van der Waals surface area (Å²) in [5.41, 5.74) is 0. The van der Waals surface area contributed by atoms with Crippen LogP contribution in [0.3, 0.4) is 0 Å². The number of ether oxygens (including phenoxy) is 2. The van der Waals surface area contributed by atoms with E-state index < -0.39 is 12.1 Å². The highest BCUT2D eigenvalue weighted by molar-refractivity contribution is 5.82. The predicted octanol–water partition coefficient (Wildman–Crippen LogP) is 1.59. The fourth-order valence-corrected chi connectivity index (χ4v) is 2.12. The Balaban J connectivity index is 1.82. The number of nitrogens with one attached hydrogen (secondary N) is 1. The summed E-state index contributed by atoms with van der Waals surface area (Å²) < 4.78 is 11.3. The van der Waals surface area contributed by atoms with Crippen LogP contribution in [-0.4, -0.2) is 35.7 Å². The monoisotopic (exact) mass is 293 g/mol. The molecular formula is C15H19NO5. The summed E-state index contributed by atoms with van der Waals surface area (Å²) in [5, 5.41) is 11.3. The van der Waals surface area contributed by atoms with Crippen LogP contribution in [0.25, 0.3) is 0 Å². The number of aliphatic carboxylic acids is 1. The lowest BCUT2D eigenvalue weighted by Gasteiger charge is -2.31. The molecule has 6 heteroatoms. The Morgan fingerprint density at radius 3 is 2.52 bits per heavy atom. The van der Waals surface area contributed by atoms with Crippen molar-refractivity contribution in [1.29, 1.82) is 0 Å². The third kappa shape index (κ3) is 4.11. The summed E-state index contributed by atoms with van der Waals surface area (Å²) in [4.78, 5) is 22.5. The topological polar surface area (TPSA) is 84.9 Å². The normalized spacial score (nSPS) is 19.9. The van der Waals surface area contributed by atoms with E-state index in [1.807, 2.05) is 12.1 Å². The van der Waals surface area contributed by atoms with E-state index in [2.05, 4.69) is 5.32 Å². The van der Waals surface area contributed by atoms with Gasteiger partial charge in [-0.15, -0.1) is 0 Å². The van der Waals surface area contributed by atoms with Crippen molar-refractivity contribution in [2.75, 3.05) is 6.54 Å². The van der Waals surface area contributed by atoms with E-state index in [4.69, 9.17) is 14.6 Å². The third-order valence-electron chi connectivity index (χ3n) is 3.22. The molecule has 2 unspecified atom stereocenters. The molecular weight excluding hydrogens is 274 g/mol. The van der Waals surface area contributed by atoms with Crippen molar-refractivity contribution >= 4 is 11.9 Å². The Hall–Kier alpha value is -2.24. The zero-order valence-electron chi connectivity index (χ0n) is 11.9. The Bertz CT molecular complexity index is 517. The summed E-state index contributed by atoms with van der Waals surface area (Å²) in [6, 6.07) is 7.22. The van der Waals surface area contributed by atoms with Crippen molar-refractivity contribution in [3.63, 3.8) is 0 Å². The van der Waals surface area contributed by atoms with Gasteiger partial charge in [-0.1, -0.05) is 12.1 Å². The molecule has 1 amide bonds. The van der Waals surface area contributed by atoms with Gasteiger partial charge in [0.05, 0.1) is 0 Å². The molecule has 114 valence electrons. The summed E-state index contributed by atoms with van der Waals surface area (Å²) in [7, 11) is 0. The molecule has 2 atom stereocenters. The van der Waals surface area contributed by atoms with Gasteiger partial charge in [-0.2, -0.15) is 0 Å². The fraction of sp³-hybridized carbons (Fsp3) is 0.467. The van der Waals surface area contributed by atoms with Crippen LogP contribution in [0.2, 0.25) is 0 Å². The number of rotatable bonds is 6. The number of fused-ring (bicyclic) bond motifs is 1. The smallest absolute Gasteiger partial charge is 0.303 e. The number of carboxylic acids is 1. The SMILES string of the molecule is CC1Oc2ccccc2OC1C(=O)NCCCCC(=O)O. The first-order chi connectivity index (χ1) is 10.1. The van der Waals surface area contributed by atoms with E-state index in [1.165, 1.54) is 0 Å². The number of carboxylic acid groups (broad SMARTS) is 1. The van der Waals surface area contributed by atoms with Crippen molar-refractivity contribution in [3.8, 4) is 11.5 Å². The standard InChI is InChI=1S/C15H19NO5/c1-10-14(15(19)16-9-5-4-8-13(17)18)21-12-7-3-2-6-11(12)20-10/h2-3,6-7,10,14H,4-5,8-9H2,1H3,(H,16,19)(H,17,18). The van der Waals surface area contributed by atoms with Crippen LogP contribution in [-0.2, 0) is 9.59 Å². The van der Waals surface area contributed by atoms with E-state index in [0.717, 1.165) is 0 Å². The first kappa shape index (κ1) is 15.2. The molecule has 1 heterocycles. The van der Waals surface area contributed by atoms with Crippen LogP contribution < -0.4 is 14.8 Å². The molecule has 0 aromatic heterocycles. The van der Waals surface area contributed by atoms with E-state index in [0.29, 0.717) is 30.9 Å². The Morgan fingerprint density at radius 1 is 1.19 bits per heavy atom. The first-order valence-electron chi connectivity index (χ1n) is 7.00. The van der Waals surface area contributed by atoms with Gasteiger partial charge in [-0.05, 0) is 31.9 Å². The van der Waals surface area contributed by atoms with Crippen LogP contribution >= 0.6 is 0 Å². The van der Waals surface area contributed by atoms with E-state index in [1.54, 1.807) is 19.1 Å². The Kier molecular flexibility index (Phi) is 5.03. The van der Waals surface area contributed by atoms with Gasteiger partial charge < -0.3 is 19.9 Å². The summed E-state index contributed by atoms with van der Waals surface area (Å²) >= 11 is 0. The van der Waals surface area contributed by atoms with Gasteiger partial charge in [0.2, 0.25) is 6.10 Å². The molecule has 1 aliphatic heterocycles. The van der Waals surface area contributed by atoms with Crippen LogP contribution in [0.4, 0.5) is 0 Å². The molecule has 0 spiro atoms. The lowest BCUT2D eigenvalue weighted by Crippen LogP contribution is -2.49. The molecule has 21 heavy (non-hydrogen) atoms. The van der Waals surface area contributed by atoms with Gasteiger partial charge in [0.15, 0.2) is 11.5 Å². The third-order valence-corrected chi connectivity index (χ3v) is 3.22. The second-order valence-corrected chi connectivity index (χ2v) is 4.95. The van der Waals surface area contributed by atoms with E-state index in [9.17, 15) is 9.59 Å². The fourth-order valence-electron chi connectivity index (χ4n) is 2.12. The zero-order chi connectivity index (χ0) is 15.2. The van der Waals surface area contributed by atoms with Crippen LogP contribution in [0.1, 0.15) is 26.2 Å². The van der Waals surface area contributed by atoms with Gasteiger partial charge >= 0.3 is 5.97 Å². The first-order valence-corrected chi connectivity index (χ1v) is 7.00. The number of carbonyl (C=O) groups is 2. The quantitative estimate of drug-likeness (QED) is 0.778. The molecule has 2 N–H and O–H groups in total. The molecule has 0 fully saturated rings. The average molecular weight is 293 g/mol. The van der Waals surface area contributed by atoms with Crippen molar-refractivity contribution in [3.05, 3.63) is 24.3 Å². The lowest BCUT2D eigenvalue weighted by atomic mass is 10.1. The van der Waals surface area contributed by atoms with Crippen LogP contribution in [0, 0.1) is 0 Å². The maximum atomic E-state index is 12.1. The lowest BCUT2D eigenvalue weighted by molar-refractivity contribution is -0.137. The molecule has 1 aliphatic rings. The molecule has 0 saturated carbocycles. The molecule has 1 aromatic carbocycles. The average Bonchev–Trinajstić information content (AvgIpc) is 2.45. The number of benzene rings is 1. The highest BCUT2D eigenvalue weighted by Gasteiger charge is 2.33. The van der Waals surface area contributed by atoms with Crippen molar-refractivity contribution in [2.24, 2.45) is 0 Å². The van der Waals surface area contributed by atoms with Crippen molar-refractivity contribution in [1.82, 2.24) is 5.32 Å². The molecule has 0 saturated heterocycles. The predicted molar refractivity (Wildman–Crippen MR) is 75.4 cm³/mol. The summed E-state index contributed by atoms with van der Waals surface area (Å²) in [6.45, 7) is 2.21. The van der Waals surface area contributed by atoms with Gasteiger partial charge in [0.25, 0.3) is 5.91 Å². The van der Waals surface area contributed by atoms with Crippen LogP contribution in [0.15, 0.2) is 24.3 Å².